The molecule has 3 nitrogen and oxygen atoms in total. The van der Waals surface area contributed by atoms with Gasteiger partial charge in [-0.2, -0.15) is 0 Å². The molecule has 1 aromatic carbocycles. The summed E-state index contributed by atoms with van der Waals surface area (Å²) in [5, 5.41) is 1.33. The summed E-state index contributed by atoms with van der Waals surface area (Å²) in [6.07, 6.45) is 1.85. The maximum atomic E-state index is 5.87. The number of hydrogen-bond donors (Lipinski definition) is 1. The van der Waals surface area contributed by atoms with Gasteiger partial charge in [-0.1, -0.05) is 35.1 Å². The topological polar surface area (TPSA) is 51.8 Å². The van der Waals surface area contributed by atoms with Crippen molar-refractivity contribution in [2.75, 3.05) is 5.73 Å². The van der Waals surface area contributed by atoms with Gasteiger partial charge >= 0.3 is 0 Å². The van der Waals surface area contributed by atoms with E-state index in [1.807, 2.05) is 36.4 Å². The van der Waals surface area contributed by atoms with Crippen LogP contribution in [0.5, 0.6) is 0 Å². The Morgan fingerprint density at radius 1 is 1.00 bits per heavy atom. The Bertz CT molecular complexity index is 706. The first-order valence-electron chi connectivity index (χ1n) is 5.97. The summed E-state index contributed by atoms with van der Waals surface area (Å²) in [6.45, 7) is 0. The van der Waals surface area contributed by atoms with E-state index in [0.29, 0.717) is 5.13 Å². The molecule has 0 atom stereocenters. The van der Waals surface area contributed by atoms with Crippen LogP contribution in [0.3, 0.4) is 0 Å². The van der Waals surface area contributed by atoms with Crippen molar-refractivity contribution < 1.29 is 0 Å². The van der Waals surface area contributed by atoms with Gasteiger partial charge in [0.25, 0.3) is 0 Å². The molecular weight excluding hydrogens is 278 g/mol. The van der Waals surface area contributed by atoms with E-state index < -0.39 is 0 Å². The van der Waals surface area contributed by atoms with Crippen molar-refractivity contribution in [3.63, 3.8) is 0 Å². The first-order valence-corrected chi connectivity index (χ1v) is 7.16. The Kier molecular flexibility index (Phi) is 3.36. The van der Waals surface area contributed by atoms with E-state index in [1.54, 1.807) is 0 Å². The lowest BCUT2D eigenvalue weighted by atomic mass is 10.1. The van der Waals surface area contributed by atoms with E-state index in [9.17, 15) is 0 Å². The van der Waals surface area contributed by atoms with Gasteiger partial charge in [0.2, 0.25) is 0 Å². The van der Waals surface area contributed by atoms with Crippen LogP contribution in [0.15, 0.2) is 36.4 Å². The zero-order valence-electron chi connectivity index (χ0n) is 10.1. The summed E-state index contributed by atoms with van der Waals surface area (Å²) >= 11 is 7.29. The molecule has 3 aromatic rings. The van der Waals surface area contributed by atoms with E-state index in [4.69, 9.17) is 17.3 Å². The average molecular weight is 290 g/mol. The van der Waals surface area contributed by atoms with Crippen LogP contribution in [-0.4, -0.2) is 9.97 Å². The van der Waals surface area contributed by atoms with Crippen molar-refractivity contribution >= 4 is 38.4 Å². The minimum Gasteiger partial charge on any atom is -0.375 e. The monoisotopic (exact) mass is 289 g/mol. The van der Waals surface area contributed by atoms with Gasteiger partial charge in [-0.3, -0.25) is 0 Å². The predicted octanol–water partition coefficient (Wildman–Crippen LogP) is 3.71. The summed E-state index contributed by atoms with van der Waals surface area (Å²) in [4.78, 5) is 9.69. The largest absolute Gasteiger partial charge is 0.375 e. The second kappa shape index (κ2) is 5.15. The number of fused-ring (bicyclic) bond motifs is 1. The molecule has 96 valence electrons. The fraction of sp³-hybridized carbons (Fsp3) is 0.143. The third-order valence-electron chi connectivity index (χ3n) is 2.91. The van der Waals surface area contributed by atoms with Crippen molar-refractivity contribution in [2.24, 2.45) is 0 Å². The molecule has 0 unspecified atom stereocenters. The van der Waals surface area contributed by atoms with Crippen LogP contribution in [0.1, 0.15) is 11.3 Å². The summed E-state index contributed by atoms with van der Waals surface area (Å²) in [6, 6.07) is 11.9. The van der Waals surface area contributed by atoms with Crippen molar-refractivity contribution in [1.29, 1.82) is 0 Å². The molecule has 0 spiro atoms. The standard InChI is InChI=1S/C14H12ClN3S/c15-10-4-1-9(2-5-10)3-6-11-7-8-12-13(17-11)19-14(16)18-12/h1-2,4-5,7-8H,3,6H2,(H2,16,18). The molecule has 0 aliphatic rings. The van der Waals surface area contributed by atoms with Crippen LogP contribution >= 0.6 is 22.9 Å². The van der Waals surface area contributed by atoms with Gasteiger partial charge in [-0.25, -0.2) is 9.97 Å². The van der Waals surface area contributed by atoms with E-state index in [1.165, 1.54) is 16.9 Å². The number of aromatic nitrogens is 2. The number of nitrogen functional groups attached to an aromatic ring is 1. The van der Waals surface area contributed by atoms with Crippen molar-refractivity contribution in [3.05, 3.63) is 52.7 Å². The van der Waals surface area contributed by atoms with Crippen LogP contribution in [0.2, 0.25) is 5.02 Å². The van der Waals surface area contributed by atoms with Crippen molar-refractivity contribution in [1.82, 2.24) is 9.97 Å². The van der Waals surface area contributed by atoms with Crippen molar-refractivity contribution in [2.45, 2.75) is 12.8 Å². The Labute approximate surface area is 120 Å². The van der Waals surface area contributed by atoms with Gasteiger partial charge in [-0.15, -0.1) is 0 Å². The maximum Gasteiger partial charge on any atom is 0.182 e. The number of thiazole rings is 1. The zero-order valence-corrected chi connectivity index (χ0v) is 11.7. The van der Waals surface area contributed by atoms with Gasteiger partial charge in [0.15, 0.2) is 5.13 Å². The van der Waals surface area contributed by atoms with Crippen LogP contribution in [0.4, 0.5) is 5.13 Å². The third-order valence-corrected chi connectivity index (χ3v) is 3.96. The van der Waals surface area contributed by atoms with Gasteiger partial charge in [0.1, 0.15) is 10.3 Å². The van der Waals surface area contributed by atoms with E-state index >= 15 is 0 Å². The van der Waals surface area contributed by atoms with Gasteiger partial charge in [-0.05, 0) is 42.7 Å². The van der Waals surface area contributed by atoms with Gasteiger partial charge in [0, 0.05) is 10.7 Å². The Morgan fingerprint density at radius 2 is 1.79 bits per heavy atom. The number of anilines is 1. The molecule has 2 N–H and O–H groups in total. The SMILES string of the molecule is Nc1nc2ccc(CCc3ccc(Cl)cc3)nc2s1. The average Bonchev–Trinajstić information content (AvgIpc) is 2.77. The first kappa shape index (κ1) is 12.4. The molecule has 3 rings (SSSR count). The molecule has 2 aromatic heterocycles. The molecule has 0 aliphatic heterocycles. The first-order chi connectivity index (χ1) is 9.20. The van der Waals surface area contributed by atoms with Gasteiger partial charge in [0.05, 0.1) is 0 Å². The molecule has 0 saturated heterocycles. The van der Waals surface area contributed by atoms with Crippen LogP contribution < -0.4 is 5.73 Å². The normalized spacial score (nSPS) is 11.0. The highest BCUT2D eigenvalue weighted by Crippen LogP contribution is 2.22. The number of benzene rings is 1. The lowest BCUT2D eigenvalue weighted by Gasteiger charge is -2.01. The third kappa shape index (κ3) is 2.85. The molecule has 0 fully saturated rings. The highest BCUT2D eigenvalue weighted by molar-refractivity contribution is 7.21. The van der Waals surface area contributed by atoms with Crippen LogP contribution in [-0.2, 0) is 12.8 Å². The highest BCUT2D eigenvalue weighted by Gasteiger charge is 2.04. The zero-order chi connectivity index (χ0) is 13.2. The number of halogens is 1. The fourth-order valence-electron chi connectivity index (χ4n) is 1.93. The fourth-order valence-corrected chi connectivity index (χ4v) is 2.78. The number of rotatable bonds is 3. The molecule has 2 heterocycles. The smallest absolute Gasteiger partial charge is 0.182 e. The molecule has 0 amide bonds. The van der Waals surface area contributed by atoms with Crippen LogP contribution in [0, 0.1) is 0 Å². The molecule has 0 aliphatic carbocycles. The minimum absolute atomic E-state index is 0.567. The summed E-state index contributed by atoms with van der Waals surface area (Å²) in [5.41, 5.74) is 8.87. The number of aryl methyl sites for hydroxylation is 2. The molecule has 19 heavy (non-hydrogen) atoms. The van der Waals surface area contributed by atoms with Crippen molar-refractivity contribution in [3.8, 4) is 0 Å². The quantitative estimate of drug-likeness (QED) is 0.799. The number of pyridine rings is 1. The molecular formula is C14H12ClN3S. The second-order valence-electron chi connectivity index (χ2n) is 4.31. The predicted molar refractivity (Wildman–Crippen MR) is 80.7 cm³/mol. The number of nitrogens with zero attached hydrogens (tertiary/aromatic N) is 2. The lowest BCUT2D eigenvalue weighted by molar-refractivity contribution is 0.924. The second-order valence-corrected chi connectivity index (χ2v) is 5.75. The molecule has 0 bridgehead atoms. The van der Waals surface area contributed by atoms with Crippen LogP contribution in [0.25, 0.3) is 10.3 Å². The molecule has 5 heteroatoms. The summed E-state index contributed by atoms with van der Waals surface area (Å²) in [7, 11) is 0. The highest BCUT2D eigenvalue weighted by atomic mass is 35.5. The minimum atomic E-state index is 0.567. The molecule has 0 saturated carbocycles. The Balaban J connectivity index is 1.75. The maximum absolute atomic E-state index is 5.87. The van der Waals surface area contributed by atoms with Gasteiger partial charge < -0.3 is 5.73 Å². The summed E-state index contributed by atoms with van der Waals surface area (Å²) in [5.74, 6) is 0. The Morgan fingerprint density at radius 3 is 2.58 bits per heavy atom. The summed E-state index contributed by atoms with van der Waals surface area (Å²) < 4.78 is 0. The number of hydrogen-bond acceptors (Lipinski definition) is 4. The van der Waals surface area contributed by atoms with E-state index in [0.717, 1.165) is 33.9 Å². The van der Waals surface area contributed by atoms with E-state index in [-0.39, 0.29) is 0 Å². The lowest BCUT2D eigenvalue weighted by Crippen LogP contribution is -1.94. The molecule has 0 radical (unpaired) electrons. The number of nitrogens with two attached hydrogens (primary N) is 1. The Hall–Kier alpha value is -1.65. The van der Waals surface area contributed by atoms with E-state index in [2.05, 4.69) is 9.97 Å².